The van der Waals surface area contributed by atoms with Crippen molar-refractivity contribution in [3.05, 3.63) is 36.9 Å². The van der Waals surface area contributed by atoms with E-state index in [1.807, 2.05) is 13.8 Å². The first-order valence-corrected chi connectivity index (χ1v) is 12.0. The fourth-order valence-electron chi connectivity index (χ4n) is 6.36. The third-order valence-electron chi connectivity index (χ3n) is 7.99. The first kappa shape index (κ1) is 25.2. The number of aliphatic carboxylic acids is 1. The Balaban J connectivity index is 1.85. The molecule has 2 unspecified atom stereocenters. The number of hydrogen-bond donors (Lipinski definition) is 2. The van der Waals surface area contributed by atoms with Gasteiger partial charge < -0.3 is 29.5 Å². The molecule has 2 bridgehead atoms. The summed E-state index contributed by atoms with van der Waals surface area (Å²) >= 11 is 0. The number of hydrogen-bond acceptors (Lipinski definition) is 6. The fraction of sp³-hybridized carbons (Fsp3) is 0.577. The highest BCUT2D eigenvalue weighted by Crippen LogP contribution is 2.63. The number of likely N-dealkylation sites (tertiary alicyclic amines) is 1. The Hall–Kier alpha value is -2.91. The molecule has 3 heterocycles. The number of ether oxygens (including phenoxy) is 2. The molecular formula is C26H34N2O7. The molecule has 1 spiro atoms. The Labute approximate surface area is 205 Å². The van der Waals surface area contributed by atoms with Crippen LogP contribution in [-0.2, 0) is 19.1 Å². The molecule has 35 heavy (non-hydrogen) atoms. The van der Waals surface area contributed by atoms with Gasteiger partial charge in [0.25, 0.3) is 5.91 Å². The normalized spacial score (nSPS) is 32.0. The topological polar surface area (TPSA) is 117 Å². The second-order valence-corrected chi connectivity index (χ2v) is 10.2. The number of carbonyl (C=O) groups excluding carboxylic acids is 2. The van der Waals surface area contributed by atoms with Gasteiger partial charge in [0.05, 0.1) is 37.2 Å². The van der Waals surface area contributed by atoms with Crippen molar-refractivity contribution in [2.75, 3.05) is 25.2 Å². The highest BCUT2D eigenvalue weighted by atomic mass is 16.5. The zero-order valence-electron chi connectivity index (χ0n) is 20.6. The summed E-state index contributed by atoms with van der Waals surface area (Å²) in [6.07, 6.45) is 2.41. The van der Waals surface area contributed by atoms with Crippen LogP contribution in [0, 0.1) is 17.8 Å². The molecule has 0 radical (unpaired) electrons. The number of benzene rings is 1. The van der Waals surface area contributed by atoms with E-state index in [9.17, 15) is 24.6 Å². The van der Waals surface area contributed by atoms with Crippen LogP contribution < -0.4 is 9.64 Å². The molecule has 0 aromatic heterocycles. The minimum atomic E-state index is -1.28. The molecule has 0 saturated carbocycles. The molecule has 190 valence electrons. The van der Waals surface area contributed by atoms with Crippen molar-refractivity contribution in [1.82, 2.24) is 4.90 Å². The maximum atomic E-state index is 14.3. The standard InChI is InChI=1S/C26H34N2O7/c1-6-13-27(16-7-9-17(34-5)10-8-16)23(31)21-26-12-11-25(4,35-26)20(24(32)33)19(26)22(30)28(21)18(14-29)15(2)3/h6-10,15,18-21,29H,1,11-14H2,2-5H3,(H,32,33)/t18-,19-,20+,21?,25-,26?/m0/s1. The van der Waals surface area contributed by atoms with E-state index >= 15 is 0 Å². The predicted molar refractivity (Wildman–Crippen MR) is 128 cm³/mol. The van der Waals surface area contributed by atoms with Crippen LogP contribution in [0.3, 0.4) is 0 Å². The summed E-state index contributed by atoms with van der Waals surface area (Å²) in [6.45, 7) is 9.06. The molecule has 9 heteroatoms. The molecule has 6 atom stereocenters. The van der Waals surface area contributed by atoms with E-state index in [1.165, 1.54) is 9.80 Å². The molecule has 0 aliphatic carbocycles. The number of aliphatic hydroxyl groups is 1. The van der Waals surface area contributed by atoms with Gasteiger partial charge in [-0.1, -0.05) is 19.9 Å². The average Bonchev–Trinajstić information content (AvgIpc) is 3.38. The zero-order valence-corrected chi connectivity index (χ0v) is 20.6. The van der Waals surface area contributed by atoms with Gasteiger partial charge in [-0.05, 0) is 49.9 Å². The van der Waals surface area contributed by atoms with Crippen LogP contribution in [0.15, 0.2) is 36.9 Å². The predicted octanol–water partition coefficient (Wildman–Crippen LogP) is 2.08. The lowest BCUT2D eigenvalue weighted by Crippen LogP contribution is -2.60. The van der Waals surface area contributed by atoms with Gasteiger partial charge in [0.15, 0.2) is 0 Å². The Kier molecular flexibility index (Phi) is 6.44. The minimum absolute atomic E-state index is 0.167. The summed E-state index contributed by atoms with van der Waals surface area (Å²) in [7, 11) is 1.55. The number of anilines is 1. The van der Waals surface area contributed by atoms with Gasteiger partial charge in [0.1, 0.15) is 17.4 Å². The lowest BCUT2D eigenvalue weighted by Gasteiger charge is -2.40. The summed E-state index contributed by atoms with van der Waals surface area (Å²) in [5, 5.41) is 20.3. The SMILES string of the molecule is C=CCN(C(=O)C1N([C@@H](CO)C(C)C)C(=O)[C@@H]2[C@H](C(=O)O)[C@]3(C)CCC12O3)c1ccc(OC)cc1. The van der Waals surface area contributed by atoms with Crippen molar-refractivity contribution in [3.8, 4) is 5.75 Å². The molecule has 2 N–H and O–H groups in total. The van der Waals surface area contributed by atoms with Crippen LogP contribution in [0.1, 0.15) is 33.6 Å². The number of amides is 2. The third-order valence-corrected chi connectivity index (χ3v) is 7.99. The van der Waals surface area contributed by atoms with E-state index in [1.54, 1.807) is 44.4 Å². The van der Waals surface area contributed by atoms with Crippen LogP contribution in [0.4, 0.5) is 5.69 Å². The largest absolute Gasteiger partial charge is 0.497 e. The van der Waals surface area contributed by atoms with Gasteiger partial charge in [-0.2, -0.15) is 0 Å². The Morgan fingerprint density at radius 3 is 2.49 bits per heavy atom. The quantitative estimate of drug-likeness (QED) is 0.513. The summed E-state index contributed by atoms with van der Waals surface area (Å²) in [6, 6.07) is 5.23. The third kappa shape index (κ3) is 3.63. The number of fused-ring (bicyclic) bond motifs is 1. The summed E-state index contributed by atoms with van der Waals surface area (Å²) in [5.74, 6) is -3.54. The van der Waals surface area contributed by atoms with Crippen molar-refractivity contribution in [2.24, 2.45) is 17.8 Å². The van der Waals surface area contributed by atoms with Crippen LogP contribution in [0.25, 0.3) is 0 Å². The molecule has 3 aliphatic heterocycles. The van der Waals surface area contributed by atoms with Gasteiger partial charge >= 0.3 is 5.97 Å². The number of carboxylic acid groups (broad SMARTS) is 1. The van der Waals surface area contributed by atoms with Crippen LogP contribution >= 0.6 is 0 Å². The first-order chi connectivity index (χ1) is 16.6. The lowest BCUT2D eigenvalue weighted by molar-refractivity contribution is -0.156. The van der Waals surface area contributed by atoms with Crippen molar-refractivity contribution >= 4 is 23.5 Å². The Morgan fingerprint density at radius 1 is 1.31 bits per heavy atom. The molecule has 2 amide bonds. The maximum Gasteiger partial charge on any atom is 0.310 e. The van der Waals surface area contributed by atoms with Crippen molar-refractivity contribution in [2.45, 2.75) is 56.9 Å². The second-order valence-electron chi connectivity index (χ2n) is 10.2. The molecule has 4 rings (SSSR count). The van der Waals surface area contributed by atoms with E-state index in [0.717, 1.165) is 0 Å². The molecule has 3 aliphatic rings. The van der Waals surface area contributed by atoms with Crippen LogP contribution in [-0.4, -0.2) is 76.4 Å². The van der Waals surface area contributed by atoms with Crippen LogP contribution in [0.5, 0.6) is 5.75 Å². The van der Waals surface area contributed by atoms with E-state index in [0.29, 0.717) is 24.3 Å². The first-order valence-electron chi connectivity index (χ1n) is 12.0. The van der Waals surface area contributed by atoms with Gasteiger partial charge in [0, 0.05) is 12.2 Å². The smallest absolute Gasteiger partial charge is 0.310 e. The molecule has 1 aromatic rings. The molecule has 3 saturated heterocycles. The maximum absolute atomic E-state index is 14.3. The van der Waals surface area contributed by atoms with E-state index < -0.39 is 47.0 Å². The molecule has 9 nitrogen and oxygen atoms in total. The fourth-order valence-corrected chi connectivity index (χ4v) is 6.36. The van der Waals surface area contributed by atoms with Crippen LogP contribution in [0.2, 0.25) is 0 Å². The summed E-state index contributed by atoms with van der Waals surface area (Å²) in [5.41, 5.74) is -1.73. The lowest BCUT2D eigenvalue weighted by atomic mass is 9.66. The van der Waals surface area contributed by atoms with E-state index in [2.05, 4.69) is 6.58 Å². The zero-order chi connectivity index (χ0) is 25.7. The van der Waals surface area contributed by atoms with Gasteiger partial charge in [0.2, 0.25) is 5.91 Å². The highest BCUT2D eigenvalue weighted by molar-refractivity contribution is 6.05. The Morgan fingerprint density at radius 2 is 1.97 bits per heavy atom. The number of carbonyl (C=O) groups is 3. The van der Waals surface area contributed by atoms with Crippen molar-refractivity contribution < 1.29 is 34.1 Å². The summed E-state index contributed by atoms with van der Waals surface area (Å²) < 4.78 is 11.7. The van der Waals surface area contributed by atoms with E-state index in [4.69, 9.17) is 9.47 Å². The van der Waals surface area contributed by atoms with Crippen molar-refractivity contribution in [1.29, 1.82) is 0 Å². The number of nitrogens with zero attached hydrogens (tertiary/aromatic N) is 2. The van der Waals surface area contributed by atoms with Gasteiger partial charge in [-0.15, -0.1) is 6.58 Å². The molecule has 3 fully saturated rings. The minimum Gasteiger partial charge on any atom is -0.497 e. The number of carboxylic acids is 1. The van der Waals surface area contributed by atoms with Crippen molar-refractivity contribution in [3.63, 3.8) is 0 Å². The number of rotatable bonds is 9. The monoisotopic (exact) mass is 486 g/mol. The highest BCUT2D eigenvalue weighted by Gasteiger charge is 2.79. The Bertz CT molecular complexity index is 1030. The number of methoxy groups -OCH3 is 1. The molecule has 1 aromatic carbocycles. The van der Waals surface area contributed by atoms with Gasteiger partial charge in [-0.3, -0.25) is 14.4 Å². The molecular weight excluding hydrogens is 452 g/mol. The van der Waals surface area contributed by atoms with Gasteiger partial charge in [-0.25, -0.2) is 0 Å². The summed E-state index contributed by atoms with van der Waals surface area (Å²) in [4.78, 5) is 43.5. The second kappa shape index (κ2) is 8.95. The average molecular weight is 487 g/mol. The van der Waals surface area contributed by atoms with E-state index in [-0.39, 0.29) is 25.0 Å². The number of aliphatic hydroxyl groups excluding tert-OH is 1.